The van der Waals surface area contributed by atoms with E-state index in [1.54, 1.807) is 12.1 Å². The van der Waals surface area contributed by atoms with Crippen LogP contribution in [0.25, 0.3) is 0 Å². The van der Waals surface area contributed by atoms with Crippen molar-refractivity contribution in [3.63, 3.8) is 0 Å². The van der Waals surface area contributed by atoms with Gasteiger partial charge < -0.3 is 15.0 Å². The number of ether oxygens (including phenoxy) is 1. The third-order valence-electron chi connectivity index (χ3n) is 4.87. The van der Waals surface area contributed by atoms with Crippen molar-refractivity contribution in [1.29, 1.82) is 0 Å². The van der Waals surface area contributed by atoms with Crippen molar-refractivity contribution in [3.8, 4) is 0 Å². The molecule has 0 bridgehead atoms. The first-order chi connectivity index (χ1) is 14.3. The van der Waals surface area contributed by atoms with Crippen molar-refractivity contribution >= 4 is 44.6 Å². The number of nitrogens with one attached hydrogen (secondary N) is 1. The van der Waals surface area contributed by atoms with Crippen LogP contribution >= 0.6 is 23.8 Å². The third kappa shape index (κ3) is 5.50. The van der Waals surface area contributed by atoms with Gasteiger partial charge in [-0.3, -0.25) is 0 Å². The number of anilines is 1. The Kier molecular flexibility index (Phi) is 7.70. The first-order valence-electron chi connectivity index (χ1n) is 9.78. The fourth-order valence-corrected chi connectivity index (χ4v) is 5.14. The number of morpholine rings is 1. The summed E-state index contributed by atoms with van der Waals surface area (Å²) in [5.74, 6) is 0. The van der Waals surface area contributed by atoms with Gasteiger partial charge in [-0.1, -0.05) is 41.9 Å². The third-order valence-corrected chi connectivity index (χ3v) is 7.43. The molecule has 30 heavy (non-hydrogen) atoms. The van der Waals surface area contributed by atoms with Gasteiger partial charge in [-0.25, -0.2) is 8.42 Å². The van der Waals surface area contributed by atoms with Gasteiger partial charge in [0.25, 0.3) is 0 Å². The smallest absolute Gasteiger partial charge is 0.243 e. The molecule has 1 aliphatic rings. The van der Waals surface area contributed by atoms with Gasteiger partial charge in [0.2, 0.25) is 10.0 Å². The van der Waals surface area contributed by atoms with Crippen molar-refractivity contribution in [1.82, 2.24) is 9.21 Å². The predicted molar refractivity (Wildman–Crippen MR) is 124 cm³/mol. The average molecular weight is 468 g/mol. The lowest BCUT2D eigenvalue weighted by Gasteiger charge is -2.30. The van der Waals surface area contributed by atoms with Crippen molar-refractivity contribution in [3.05, 3.63) is 59.1 Å². The number of thiocarbonyl (C=S) groups is 1. The zero-order chi connectivity index (χ0) is 21.7. The van der Waals surface area contributed by atoms with Crippen LogP contribution in [0.3, 0.4) is 0 Å². The monoisotopic (exact) mass is 467 g/mol. The SMILES string of the molecule is CC(C)N(Cc1ccccc1)C(=S)Nc1cc(S(=O)(=O)N2CCOCC2)ccc1Cl. The number of hydrogen-bond acceptors (Lipinski definition) is 4. The maximum absolute atomic E-state index is 13.0. The Hall–Kier alpha value is -1.71. The summed E-state index contributed by atoms with van der Waals surface area (Å²) in [6.45, 7) is 6.20. The largest absolute Gasteiger partial charge is 0.379 e. The Morgan fingerprint density at radius 2 is 1.87 bits per heavy atom. The lowest BCUT2D eigenvalue weighted by Crippen LogP contribution is -2.40. The van der Waals surface area contributed by atoms with E-state index in [2.05, 4.69) is 19.2 Å². The van der Waals surface area contributed by atoms with Gasteiger partial charge in [0, 0.05) is 25.7 Å². The summed E-state index contributed by atoms with van der Waals surface area (Å²) in [5.41, 5.74) is 1.60. The molecule has 0 saturated carbocycles. The first kappa shape index (κ1) is 23.0. The lowest BCUT2D eigenvalue weighted by molar-refractivity contribution is 0.0730. The molecule has 9 heteroatoms. The molecule has 3 rings (SSSR count). The quantitative estimate of drug-likeness (QED) is 0.648. The number of hydrogen-bond donors (Lipinski definition) is 1. The van der Waals surface area contributed by atoms with Crippen LogP contribution in [0, 0.1) is 0 Å². The molecule has 2 aromatic carbocycles. The second-order valence-corrected chi connectivity index (χ2v) is 10.0. The van der Waals surface area contributed by atoms with E-state index in [0.717, 1.165) is 5.56 Å². The maximum atomic E-state index is 13.0. The molecule has 0 aliphatic carbocycles. The molecule has 1 aliphatic heterocycles. The molecular weight excluding hydrogens is 442 g/mol. The molecule has 162 valence electrons. The van der Waals surface area contributed by atoms with Crippen molar-refractivity contribution in [2.45, 2.75) is 31.3 Å². The van der Waals surface area contributed by atoms with Gasteiger partial charge in [-0.05, 0) is 49.8 Å². The number of benzene rings is 2. The summed E-state index contributed by atoms with van der Waals surface area (Å²) < 4.78 is 32.6. The van der Waals surface area contributed by atoms with Gasteiger partial charge in [-0.15, -0.1) is 0 Å². The van der Waals surface area contributed by atoms with Gasteiger partial charge >= 0.3 is 0 Å². The molecule has 0 atom stereocenters. The van der Waals surface area contributed by atoms with Crippen LogP contribution in [-0.4, -0.2) is 55.1 Å². The van der Waals surface area contributed by atoms with E-state index in [1.165, 1.54) is 10.4 Å². The Morgan fingerprint density at radius 1 is 1.20 bits per heavy atom. The fraction of sp³-hybridized carbons (Fsp3) is 0.381. The van der Waals surface area contributed by atoms with Crippen LogP contribution in [0.4, 0.5) is 5.69 Å². The summed E-state index contributed by atoms with van der Waals surface area (Å²) in [4.78, 5) is 2.21. The minimum atomic E-state index is -3.62. The normalized spacial score (nSPS) is 15.2. The van der Waals surface area contributed by atoms with Gasteiger partial charge in [0.05, 0.1) is 28.8 Å². The molecule has 0 unspecified atom stereocenters. The van der Waals surface area contributed by atoms with E-state index < -0.39 is 10.0 Å². The summed E-state index contributed by atoms with van der Waals surface area (Å²) in [6, 6.07) is 14.8. The molecular formula is C21H26ClN3O3S2. The molecule has 6 nitrogen and oxygen atoms in total. The van der Waals surface area contributed by atoms with Crippen LogP contribution < -0.4 is 5.32 Å². The molecule has 1 N–H and O–H groups in total. The van der Waals surface area contributed by atoms with Gasteiger partial charge in [0.15, 0.2) is 5.11 Å². The minimum absolute atomic E-state index is 0.143. The van der Waals surface area contributed by atoms with E-state index in [4.69, 9.17) is 28.6 Å². The van der Waals surface area contributed by atoms with Crippen molar-refractivity contribution in [2.24, 2.45) is 0 Å². The highest BCUT2D eigenvalue weighted by atomic mass is 35.5. The van der Waals surface area contributed by atoms with Crippen LogP contribution in [0.5, 0.6) is 0 Å². The first-order valence-corrected chi connectivity index (χ1v) is 12.0. The predicted octanol–water partition coefficient (Wildman–Crippen LogP) is 3.97. The van der Waals surface area contributed by atoms with Crippen molar-refractivity contribution in [2.75, 3.05) is 31.6 Å². The Morgan fingerprint density at radius 3 is 2.50 bits per heavy atom. The van der Waals surface area contributed by atoms with Gasteiger partial charge in [-0.2, -0.15) is 4.31 Å². The second-order valence-electron chi connectivity index (χ2n) is 7.30. The Balaban J connectivity index is 1.81. The van der Waals surface area contributed by atoms with Crippen molar-refractivity contribution < 1.29 is 13.2 Å². The van der Waals surface area contributed by atoms with Crippen LogP contribution in [0.1, 0.15) is 19.4 Å². The highest BCUT2D eigenvalue weighted by Crippen LogP contribution is 2.28. The zero-order valence-electron chi connectivity index (χ0n) is 17.0. The van der Waals surface area contributed by atoms with E-state index in [9.17, 15) is 8.42 Å². The van der Waals surface area contributed by atoms with E-state index >= 15 is 0 Å². The van der Waals surface area contributed by atoms with Crippen LogP contribution in [-0.2, 0) is 21.3 Å². The summed E-state index contributed by atoms with van der Waals surface area (Å²) in [5, 5.41) is 4.03. The molecule has 1 saturated heterocycles. The number of halogens is 1. The maximum Gasteiger partial charge on any atom is 0.243 e. The van der Waals surface area contributed by atoms with Crippen LogP contribution in [0.2, 0.25) is 5.02 Å². The molecule has 1 heterocycles. The second kappa shape index (κ2) is 10.1. The molecule has 0 spiro atoms. The summed E-state index contributed by atoms with van der Waals surface area (Å²) in [7, 11) is -3.62. The van der Waals surface area contributed by atoms with Gasteiger partial charge in [0.1, 0.15) is 0 Å². The average Bonchev–Trinajstić information content (AvgIpc) is 2.74. The lowest BCUT2D eigenvalue weighted by atomic mass is 10.2. The van der Waals surface area contributed by atoms with E-state index in [1.807, 2.05) is 35.2 Å². The Bertz CT molecular complexity index is 978. The standard InChI is InChI=1S/C21H26ClN3O3S2/c1-16(2)25(15-17-6-4-3-5-7-17)21(29)23-20-14-18(8-9-19(20)22)30(26,27)24-10-12-28-13-11-24/h3-9,14,16H,10-13,15H2,1-2H3,(H,23,29). The number of nitrogens with zero attached hydrogens (tertiary/aromatic N) is 2. The topological polar surface area (TPSA) is 61.9 Å². The molecule has 0 aromatic heterocycles. The highest BCUT2D eigenvalue weighted by Gasteiger charge is 2.27. The fourth-order valence-electron chi connectivity index (χ4n) is 3.15. The van der Waals surface area contributed by atoms with E-state index in [0.29, 0.717) is 48.7 Å². The van der Waals surface area contributed by atoms with Crippen LogP contribution in [0.15, 0.2) is 53.4 Å². The zero-order valence-corrected chi connectivity index (χ0v) is 19.4. The Labute approximate surface area is 188 Å². The number of rotatable bonds is 6. The molecule has 2 aromatic rings. The number of sulfonamides is 1. The molecule has 1 fully saturated rings. The summed E-state index contributed by atoms with van der Waals surface area (Å²) >= 11 is 12.0. The minimum Gasteiger partial charge on any atom is -0.379 e. The summed E-state index contributed by atoms with van der Waals surface area (Å²) in [6.07, 6.45) is 0. The van der Waals surface area contributed by atoms with E-state index in [-0.39, 0.29) is 10.9 Å². The molecule has 0 radical (unpaired) electrons. The molecule has 0 amide bonds. The highest BCUT2D eigenvalue weighted by molar-refractivity contribution is 7.89.